The summed E-state index contributed by atoms with van der Waals surface area (Å²) in [5, 5.41) is 12.7. The molecular weight excluding hydrogens is 190 g/mol. The Bertz CT molecular complexity index is 310. The molecule has 0 amide bonds. The average Bonchev–Trinajstić information content (AvgIpc) is 2.65. The second-order valence-electron chi connectivity index (χ2n) is 4.05. The van der Waals surface area contributed by atoms with Gasteiger partial charge in [-0.1, -0.05) is 12.1 Å². The molecule has 15 heavy (non-hydrogen) atoms. The van der Waals surface area contributed by atoms with Crippen molar-refractivity contribution in [3.8, 4) is 5.75 Å². The predicted octanol–water partition coefficient (Wildman–Crippen LogP) is 0.960. The van der Waals surface area contributed by atoms with Crippen LogP contribution in [0.1, 0.15) is 12.0 Å². The number of methoxy groups -OCH3 is 1. The van der Waals surface area contributed by atoms with Gasteiger partial charge >= 0.3 is 0 Å². The number of nitrogens with one attached hydrogen (secondary N) is 1. The van der Waals surface area contributed by atoms with E-state index < -0.39 is 0 Å². The minimum atomic E-state index is -0.173. The molecule has 82 valence electrons. The van der Waals surface area contributed by atoms with E-state index in [1.807, 2.05) is 12.1 Å². The van der Waals surface area contributed by atoms with Gasteiger partial charge < -0.3 is 15.2 Å². The lowest BCUT2D eigenvalue weighted by Gasteiger charge is -2.10. The third kappa shape index (κ3) is 2.70. The molecule has 0 radical (unpaired) electrons. The molecule has 0 spiro atoms. The summed E-state index contributed by atoms with van der Waals surface area (Å²) in [6, 6.07) is 8.51. The second-order valence-corrected chi connectivity index (χ2v) is 4.05. The van der Waals surface area contributed by atoms with Crippen LogP contribution in [0, 0.1) is 0 Å². The highest BCUT2D eigenvalue weighted by molar-refractivity contribution is 5.27. The van der Waals surface area contributed by atoms with Gasteiger partial charge in [-0.15, -0.1) is 0 Å². The van der Waals surface area contributed by atoms with Crippen LogP contribution in [0.3, 0.4) is 0 Å². The largest absolute Gasteiger partial charge is 0.497 e. The van der Waals surface area contributed by atoms with Crippen molar-refractivity contribution in [3.05, 3.63) is 29.8 Å². The van der Waals surface area contributed by atoms with Gasteiger partial charge in [-0.3, -0.25) is 0 Å². The Morgan fingerprint density at radius 1 is 1.40 bits per heavy atom. The van der Waals surface area contributed by atoms with Gasteiger partial charge in [0.25, 0.3) is 0 Å². The molecule has 0 aliphatic carbocycles. The zero-order valence-electron chi connectivity index (χ0n) is 8.94. The number of β-amino-alcohol motifs (C(OH)–C–C–N with tert-alkyl or cyclic N) is 1. The number of hydrogen-bond donors (Lipinski definition) is 2. The van der Waals surface area contributed by atoms with Crippen molar-refractivity contribution in [2.75, 3.05) is 13.7 Å². The van der Waals surface area contributed by atoms with E-state index in [0.717, 1.165) is 25.1 Å². The molecule has 3 heteroatoms. The van der Waals surface area contributed by atoms with Crippen LogP contribution in [0.25, 0.3) is 0 Å². The summed E-state index contributed by atoms with van der Waals surface area (Å²) in [7, 11) is 1.67. The van der Waals surface area contributed by atoms with E-state index in [0.29, 0.717) is 6.04 Å². The van der Waals surface area contributed by atoms with E-state index in [2.05, 4.69) is 17.4 Å². The van der Waals surface area contributed by atoms with Gasteiger partial charge in [0, 0.05) is 12.6 Å². The SMILES string of the molecule is COc1ccc(C[C@@H]2CC(O)CN2)cc1. The first-order chi connectivity index (χ1) is 7.28. The lowest BCUT2D eigenvalue weighted by atomic mass is 10.0. The number of aliphatic hydroxyl groups is 1. The molecule has 2 atom stereocenters. The molecule has 2 rings (SSSR count). The van der Waals surface area contributed by atoms with Gasteiger partial charge in [0.2, 0.25) is 0 Å². The number of benzene rings is 1. The average molecular weight is 207 g/mol. The Morgan fingerprint density at radius 2 is 2.13 bits per heavy atom. The van der Waals surface area contributed by atoms with E-state index in [1.165, 1.54) is 5.56 Å². The highest BCUT2D eigenvalue weighted by atomic mass is 16.5. The number of hydrogen-bond acceptors (Lipinski definition) is 3. The maximum absolute atomic E-state index is 9.38. The van der Waals surface area contributed by atoms with E-state index in [1.54, 1.807) is 7.11 Å². The van der Waals surface area contributed by atoms with Gasteiger partial charge in [-0.05, 0) is 30.5 Å². The molecule has 1 saturated heterocycles. The molecule has 1 unspecified atom stereocenters. The van der Waals surface area contributed by atoms with Crippen LogP contribution in [0.4, 0.5) is 0 Å². The molecule has 3 nitrogen and oxygen atoms in total. The molecule has 2 N–H and O–H groups in total. The van der Waals surface area contributed by atoms with Crippen molar-refractivity contribution < 1.29 is 9.84 Å². The number of ether oxygens (including phenoxy) is 1. The highest BCUT2D eigenvalue weighted by Gasteiger charge is 2.21. The van der Waals surface area contributed by atoms with Gasteiger partial charge in [-0.2, -0.15) is 0 Å². The Kier molecular flexibility index (Phi) is 3.23. The summed E-state index contributed by atoms with van der Waals surface area (Å²) < 4.78 is 5.10. The molecule has 0 bridgehead atoms. The van der Waals surface area contributed by atoms with Crippen LogP contribution in [0.5, 0.6) is 5.75 Å². The van der Waals surface area contributed by atoms with Crippen LogP contribution in [-0.4, -0.2) is 30.9 Å². The van der Waals surface area contributed by atoms with Crippen molar-refractivity contribution in [3.63, 3.8) is 0 Å². The maximum atomic E-state index is 9.38. The van der Waals surface area contributed by atoms with Gasteiger partial charge in [0.1, 0.15) is 5.75 Å². The molecule has 1 fully saturated rings. The molecule has 0 saturated carbocycles. The fourth-order valence-corrected chi connectivity index (χ4v) is 2.00. The van der Waals surface area contributed by atoms with Crippen molar-refractivity contribution in [1.82, 2.24) is 5.32 Å². The zero-order valence-corrected chi connectivity index (χ0v) is 8.94. The van der Waals surface area contributed by atoms with Crippen molar-refractivity contribution >= 4 is 0 Å². The maximum Gasteiger partial charge on any atom is 0.118 e. The van der Waals surface area contributed by atoms with Crippen LogP contribution < -0.4 is 10.1 Å². The molecule has 1 aliphatic rings. The topological polar surface area (TPSA) is 41.5 Å². The van der Waals surface area contributed by atoms with E-state index in [4.69, 9.17) is 4.74 Å². The lowest BCUT2D eigenvalue weighted by molar-refractivity contribution is 0.193. The fraction of sp³-hybridized carbons (Fsp3) is 0.500. The predicted molar refractivity (Wildman–Crippen MR) is 59.1 cm³/mol. The van der Waals surface area contributed by atoms with E-state index >= 15 is 0 Å². The molecule has 1 aromatic carbocycles. The normalized spacial score (nSPS) is 25.5. The van der Waals surface area contributed by atoms with Crippen molar-refractivity contribution in [1.29, 1.82) is 0 Å². The van der Waals surface area contributed by atoms with Gasteiger partial charge in [-0.25, -0.2) is 0 Å². The lowest BCUT2D eigenvalue weighted by Crippen LogP contribution is -2.23. The second kappa shape index (κ2) is 4.64. The monoisotopic (exact) mass is 207 g/mol. The van der Waals surface area contributed by atoms with Crippen molar-refractivity contribution in [2.45, 2.75) is 25.0 Å². The third-order valence-electron chi connectivity index (χ3n) is 2.84. The first-order valence-corrected chi connectivity index (χ1v) is 5.32. The van der Waals surface area contributed by atoms with E-state index in [9.17, 15) is 5.11 Å². The Labute approximate surface area is 90.1 Å². The number of rotatable bonds is 3. The minimum absolute atomic E-state index is 0.173. The van der Waals surface area contributed by atoms with Gasteiger partial charge in [0.05, 0.1) is 13.2 Å². The Morgan fingerprint density at radius 3 is 2.67 bits per heavy atom. The quantitative estimate of drug-likeness (QED) is 0.775. The summed E-state index contributed by atoms with van der Waals surface area (Å²) in [6.07, 6.45) is 1.65. The molecular formula is C12H17NO2. The van der Waals surface area contributed by atoms with Gasteiger partial charge in [0.15, 0.2) is 0 Å². The van der Waals surface area contributed by atoms with Crippen molar-refractivity contribution in [2.24, 2.45) is 0 Å². The van der Waals surface area contributed by atoms with Crippen LogP contribution in [-0.2, 0) is 6.42 Å². The standard InChI is InChI=1S/C12H17NO2/c1-15-12-4-2-9(3-5-12)6-10-7-11(14)8-13-10/h2-5,10-11,13-14H,6-8H2,1H3/t10-,11?/m1/s1. The summed E-state index contributed by atoms with van der Waals surface area (Å²) in [5.74, 6) is 0.887. The fourth-order valence-electron chi connectivity index (χ4n) is 2.00. The molecule has 0 aromatic heterocycles. The molecule has 1 aromatic rings. The first-order valence-electron chi connectivity index (χ1n) is 5.32. The molecule has 1 aliphatic heterocycles. The minimum Gasteiger partial charge on any atom is -0.497 e. The summed E-state index contributed by atoms with van der Waals surface area (Å²) >= 11 is 0. The molecule has 1 heterocycles. The number of aliphatic hydroxyl groups excluding tert-OH is 1. The first kappa shape index (κ1) is 10.5. The van der Waals surface area contributed by atoms with Crippen LogP contribution in [0.2, 0.25) is 0 Å². The third-order valence-corrected chi connectivity index (χ3v) is 2.84. The smallest absolute Gasteiger partial charge is 0.118 e. The summed E-state index contributed by atoms with van der Waals surface area (Å²) in [5.41, 5.74) is 1.28. The Balaban J connectivity index is 1.93. The summed E-state index contributed by atoms with van der Waals surface area (Å²) in [6.45, 7) is 0.723. The summed E-state index contributed by atoms with van der Waals surface area (Å²) in [4.78, 5) is 0. The van der Waals surface area contributed by atoms with Crippen LogP contribution in [0.15, 0.2) is 24.3 Å². The van der Waals surface area contributed by atoms with Crippen LogP contribution >= 0.6 is 0 Å². The highest BCUT2D eigenvalue weighted by Crippen LogP contribution is 2.16. The zero-order chi connectivity index (χ0) is 10.7. The van der Waals surface area contributed by atoms with E-state index in [-0.39, 0.29) is 6.10 Å². The Hall–Kier alpha value is -1.06.